The fourth-order valence-electron chi connectivity index (χ4n) is 2.31. The minimum absolute atomic E-state index is 0.821. The van der Waals surface area contributed by atoms with Crippen molar-refractivity contribution in [1.82, 2.24) is 15.0 Å². The summed E-state index contributed by atoms with van der Waals surface area (Å²) in [4.78, 5) is 13.5. The topological polar surface area (TPSA) is 50.7 Å². The van der Waals surface area contributed by atoms with Crippen LogP contribution in [0.2, 0.25) is 0 Å². The predicted octanol–water partition coefficient (Wildman–Crippen LogP) is 3.69. The minimum atomic E-state index is 0.821. The lowest BCUT2D eigenvalue weighted by Crippen LogP contribution is -2.04. The molecule has 0 aliphatic carbocycles. The van der Waals surface area contributed by atoms with Crippen LogP contribution in [0.25, 0.3) is 22.2 Å². The molecule has 0 atom stereocenters. The number of benzene rings is 1. The number of nitrogens with zero attached hydrogens (tertiary/aromatic N) is 3. The quantitative estimate of drug-likeness (QED) is 0.791. The molecule has 0 saturated heterocycles. The first-order chi connectivity index (χ1) is 10.3. The molecule has 0 unspecified atom stereocenters. The Balaban J connectivity index is 2.10. The highest BCUT2D eigenvalue weighted by Gasteiger charge is 2.06. The maximum atomic E-state index is 4.64. The number of aryl methyl sites for hydroxylation is 1. The number of nitrogens with one attached hydrogen (secondary N) is 1. The Bertz CT molecular complexity index is 768. The number of hydrogen-bond donors (Lipinski definition) is 1. The van der Waals surface area contributed by atoms with Gasteiger partial charge in [0.2, 0.25) is 0 Å². The van der Waals surface area contributed by atoms with Gasteiger partial charge in [0.15, 0.2) is 0 Å². The van der Waals surface area contributed by atoms with E-state index in [-0.39, 0.29) is 0 Å². The molecule has 0 radical (unpaired) electrons. The second-order valence-electron chi connectivity index (χ2n) is 4.85. The first-order valence-electron chi connectivity index (χ1n) is 7.27. The van der Waals surface area contributed by atoms with Gasteiger partial charge in [0.1, 0.15) is 11.6 Å². The van der Waals surface area contributed by atoms with Crippen LogP contribution in [0.15, 0.2) is 42.6 Å². The maximum absolute atomic E-state index is 4.64. The molecule has 0 fully saturated rings. The summed E-state index contributed by atoms with van der Waals surface area (Å²) >= 11 is 0. The van der Waals surface area contributed by atoms with Crippen LogP contribution in [0, 0.1) is 0 Å². The molecule has 4 nitrogen and oxygen atoms in total. The van der Waals surface area contributed by atoms with E-state index >= 15 is 0 Å². The molecule has 1 aromatic carbocycles. The molecule has 1 N–H and O–H groups in total. The van der Waals surface area contributed by atoms with Gasteiger partial charge in [-0.3, -0.25) is 4.98 Å². The number of hydrogen-bond acceptors (Lipinski definition) is 4. The van der Waals surface area contributed by atoms with Gasteiger partial charge in [-0.15, -0.1) is 0 Å². The summed E-state index contributed by atoms with van der Waals surface area (Å²) < 4.78 is 0. The fraction of sp³-hybridized carbons (Fsp3) is 0.235. The normalized spacial score (nSPS) is 10.8. The zero-order valence-corrected chi connectivity index (χ0v) is 12.3. The number of pyridine rings is 1. The standard InChI is InChI=1S/C17H18N4/c1-3-16-20-15(11-17(21-16)18-4-2)13-7-8-14-12(10-13)6-5-9-19-14/h5-11H,3-4H2,1-2H3,(H,18,20,21). The Morgan fingerprint density at radius 3 is 2.76 bits per heavy atom. The third-order valence-corrected chi connectivity index (χ3v) is 3.35. The molecule has 3 aromatic rings. The lowest BCUT2D eigenvalue weighted by molar-refractivity contribution is 0.939. The maximum Gasteiger partial charge on any atom is 0.131 e. The Kier molecular flexibility index (Phi) is 3.77. The molecule has 0 amide bonds. The van der Waals surface area contributed by atoms with E-state index in [2.05, 4.69) is 52.3 Å². The highest BCUT2D eigenvalue weighted by molar-refractivity contribution is 5.83. The molecule has 3 rings (SSSR count). The molecule has 106 valence electrons. The lowest BCUT2D eigenvalue weighted by atomic mass is 10.1. The molecule has 0 aliphatic rings. The molecule has 21 heavy (non-hydrogen) atoms. The molecule has 4 heteroatoms. The van der Waals surface area contributed by atoms with Gasteiger partial charge in [-0.1, -0.05) is 19.1 Å². The van der Waals surface area contributed by atoms with Crippen molar-refractivity contribution in [3.05, 3.63) is 48.4 Å². The van der Waals surface area contributed by atoms with Gasteiger partial charge in [-0.25, -0.2) is 9.97 Å². The van der Waals surface area contributed by atoms with Crippen molar-refractivity contribution in [1.29, 1.82) is 0 Å². The molecule has 2 heterocycles. The predicted molar refractivity (Wildman–Crippen MR) is 86.3 cm³/mol. The van der Waals surface area contributed by atoms with E-state index in [1.165, 1.54) is 0 Å². The van der Waals surface area contributed by atoms with Crippen molar-refractivity contribution < 1.29 is 0 Å². The molecule has 0 bridgehead atoms. The number of aromatic nitrogens is 3. The van der Waals surface area contributed by atoms with Crippen LogP contribution in [0.4, 0.5) is 5.82 Å². The minimum Gasteiger partial charge on any atom is -0.370 e. The smallest absolute Gasteiger partial charge is 0.131 e. The largest absolute Gasteiger partial charge is 0.370 e. The molecule has 0 saturated carbocycles. The van der Waals surface area contributed by atoms with Crippen molar-refractivity contribution in [2.24, 2.45) is 0 Å². The Morgan fingerprint density at radius 1 is 1.05 bits per heavy atom. The van der Waals surface area contributed by atoms with Crippen molar-refractivity contribution >= 4 is 16.7 Å². The van der Waals surface area contributed by atoms with Crippen LogP contribution in [0.1, 0.15) is 19.7 Å². The van der Waals surface area contributed by atoms with E-state index in [9.17, 15) is 0 Å². The van der Waals surface area contributed by atoms with Gasteiger partial charge in [-0.2, -0.15) is 0 Å². The lowest BCUT2D eigenvalue weighted by Gasteiger charge is -2.09. The third kappa shape index (κ3) is 2.84. The molecule has 2 aromatic heterocycles. The summed E-state index contributed by atoms with van der Waals surface area (Å²) in [7, 11) is 0. The van der Waals surface area contributed by atoms with Gasteiger partial charge in [0, 0.05) is 36.2 Å². The van der Waals surface area contributed by atoms with Gasteiger partial charge < -0.3 is 5.32 Å². The summed E-state index contributed by atoms with van der Waals surface area (Å²) in [5, 5.41) is 4.39. The highest BCUT2D eigenvalue weighted by Crippen LogP contribution is 2.23. The Hall–Kier alpha value is -2.49. The summed E-state index contributed by atoms with van der Waals surface area (Å²) in [6.45, 7) is 4.98. The van der Waals surface area contributed by atoms with Crippen LogP contribution >= 0.6 is 0 Å². The average molecular weight is 278 g/mol. The molecular weight excluding hydrogens is 260 g/mol. The van der Waals surface area contributed by atoms with E-state index in [1.54, 1.807) is 0 Å². The number of rotatable bonds is 4. The first kappa shape index (κ1) is 13.5. The zero-order chi connectivity index (χ0) is 14.7. The molecule has 0 aliphatic heterocycles. The van der Waals surface area contributed by atoms with Gasteiger partial charge in [0.05, 0.1) is 11.2 Å². The number of anilines is 1. The SMILES string of the molecule is CCNc1cc(-c2ccc3ncccc3c2)nc(CC)n1. The van der Waals surface area contributed by atoms with Crippen molar-refractivity contribution in [2.75, 3.05) is 11.9 Å². The van der Waals surface area contributed by atoms with Crippen molar-refractivity contribution in [3.8, 4) is 11.3 Å². The fourth-order valence-corrected chi connectivity index (χ4v) is 2.31. The monoisotopic (exact) mass is 278 g/mol. The van der Waals surface area contributed by atoms with Crippen LogP contribution in [-0.2, 0) is 6.42 Å². The van der Waals surface area contributed by atoms with Crippen LogP contribution in [0.3, 0.4) is 0 Å². The van der Waals surface area contributed by atoms with Gasteiger partial charge >= 0.3 is 0 Å². The highest BCUT2D eigenvalue weighted by atomic mass is 15.0. The van der Waals surface area contributed by atoms with E-state index in [0.29, 0.717) is 0 Å². The first-order valence-corrected chi connectivity index (χ1v) is 7.27. The molecular formula is C17H18N4. The van der Waals surface area contributed by atoms with Crippen molar-refractivity contribution in [2.45, 2.75) is 20.3 Å². The van der Waals surface area contributed by atoms with Gasteiger partial charge in [0.25, 0.3) is 0 Å². The third-order valence-electron chi connectivity index (χ3n) is 3.35. The molecule has 0 spiro atoms. The zero-order valence-electron chi connectivity index (χ0n) is 12.3. The van der Waals surface area contributed by atoms with E-state index < -0.39 is 0 Å². The Labute approximate surface area is 124 Å². The summed E-state index contributed by atoms with van der Waals surface area (Å²) in [6, 6.07) is 12.2. The van der Waals surface area contributed by atoms with Crippen LogP contribution in [0.5, 0.6) is 0 Å². The Morgan fingerprint density at radius 2 is 1.95 bits per heavy atom. The van der Waals surface area contributed by atoms with Crippen molar-refractivity contribution in [3.63, 3.8) is 0 Å². The second-order valence-corrected chi connectivity index (χ2v) is 4.85. The van der Waals surface area contributed by atoms with Crippen LogP contribution in [-0.4, -0.2) is 21.5 Å². The second kappa shape index (κ2) is 5.87. The summed E-state index contributed by atoms with van der Waals surface area (Å²) in [6.07, 6.45) is 2.63. The van der Waals surface area contributed by atoms with E-state index in [4.69, 9.17) is 0 Å². The summed E-state index contributed by atoms with van der Waals surface area (Å²) in [5.74, 6) is 1.74. The van der Waals surface area contributed by atoms with E-state index in [0.717, 1.165) is 46.8 Å². The van der Waals surface area contributed by atoms with Crippen LogP contribution < -0.4 is 5.32 Å². The summed E-state index contributed by atoms with van der Waals surface area (Å²) in [5.41, 5.74) is 3.04. The van der Waals surface area contributed by atoms with E-state index in [1.807, 2.05) is 24.4 Å². The van der Waals surface area contributed by atoms with Gasteiger partial charge in [-0.05, 0) is 25.1 Å². The average Bonchev–Trinajstić information content (AvgIpc) is 2.54. The number of fused-ring (bicyclic) bond motifs is 1.